The second-order valence-electron chi connectivity index (χ2n) is 5.47. The molecule has 4 nitrogen and oxygen atoms in total. The van der Waals surface area contributed by atoms with Crippen LogP contribution in [0.4, 0.5) is 0 Å². The van der Waals surface area contributed by atoms with Crippen LogP contribution in [0.1, 0.15) is 24.8 Å². The Hall–Kier alpha value is -1.39. The Kier molecular flexibility index (Phi) is 6.02. The minimum Gasteiger partial charge on any atom is -0.353 e. The predicted molar refractivity (Wildman–Crippen MR) is 81.4 cm³/mol. The van der Waals surface area contributed by atoms with Gasteiger partial charge in [0, 0.05) is 13.1 Å². The summed E-state index contributed by atoms with van der Waals surface area (Å²) in [5.41, 5.74) is 7.16. The van der Waals surface area contributed by atoms with E-state index in [4.69, 9.17) is 5.73 Å². The molecular weight excluding hydrogens is 250 g/mol. The standard InChI is InChI=1S/C16H25N3O/c17-15(9-8-14-6-2-1-3-7-14)16(20)18-10-13-19-11-4-5-12-19/h1-3,6-7,15H,4-5,8-13,17H2,(H,18,20). The number of hydrogen-bond acceptors (Lipinski definition) is 3. The van der Waals surface area contributed by atoms with Crippen LogP contribution in [-0.4, -0.2) is 43.0 Å². The molecule has 1 fully saturated rings. The van der Waals surface area contributed by atoms with Gasteiger partial charge in [-0.05, 0) is 44.3 Å². The minimum atomic E-state index is -0.409. The van der Waals surface area contributed by atoms with E-state index < -0.39 is 6.04 Å². The molecule has 20 heavy (non-hydrogen) atoms. The van der Waals surface area contributed by atoms with E-state index in [1.165, 1.54) is 18.4 Å². The lowest BCUT2D eigenvalue weighted by Gasteiger charge is -2.16. The van der Waals surface area contributed by atoms with Gasteiger partial charge in [-0.3, -0.25) is 4.79 Å². The van der Waals surface area contributed by atoms with Crippen LogP contribution < -0.4 is 11.1 Å². The first-order valence-electron chi connectivity index (χ1n) is 7.55. The van der Waals surface area contributed by atoms with Gasteiger partial charge in [0.25, 0.3) is 0 Å². The molecule has 1 amide bonds. The minimum absolute atomic E-state index is 0.0277. The molecule has 0 saturated carbocycles. The molecule has 1 heterocycles. The van der Waals surface area contributed by atoms with E-state index in [1.54, 1.807) is 0 Å². The molecule has 4 heteroatoms. The van der Waals surface area contributed by atoms with E-state index in [1.807, 2.05) is 18.2 Å². The summed E-state index contributed by atoms with van der Waals surface area (Å²) in [7, 11) is 0. The number of nitrogens with one attached hydrogen (secondary N) is 1. The maximum absolute atomic E-state index is 11.9. The van der Waals surface area contributed by atoms with Crippen LogP contribution in [0.25, 0.3) is 0 Å². The maximum atomic E-state index is 11.9. The summed E-state index contributed by atoms with van der Waals surface area (Å²) in [6, 6.07) is 9.74. The van der Waals surface area contributed by atoms with Gasteiger partial charge in [-0.15, -0.1) is 0 Å². The summed E-state index contributed by atoms with van der Waals surface area (Å²) in [4.78, 5) is 14.3. The fraction of sp³-hybridized carbons (Fsp3) is 0.562. The van der Waals surface area contributed by atoms with Crippen molar-refractivity contribution in [2.45, 2.75) is 31.7 Å². The zero-order valence-electron chi connectivity index (χ0n) is 12.1. The zero-order chi connectivity index (χ0) is 14.2. The largest absolute Gasteiger partial charge is 0.353 e. The molecule has 3 N–H and O–H groups in total. The molecule has 1 atom stereocenters. The Morgan fingerprint density at radius 2 is 1.95 bits per heavy atom. The van der Waals surface area contributed by atoms with Crippen molar-refractivity contribution in [3.05, 3.63) is 35.9 Å². The zero-order valence-corrected chi connectivity index (χ0v) is 12.1. The van der Waals surface area contributed by atoms with Gasteiger partial charge in [-0.1, -0.05) is 30.3 Å². The van der Waals surface area contributed by atoms with E-state index in [0.717, 1.165) is 26.1 Å². The number of likely N-dealkylation sites (tertiary alicyclic amines) is 1. The normalized spacial score (nSPS) is 17.1. The van der Waals surface area contributed by atoms with Gasteiger partial charge in [0.05, 0.1) is 6.04 Å². The number of hydrogen-bond donors (Lipinski definition) is 2. The van der Waals surface area contributed by atoms with Gasteiger partial charge < -0.3 is 16.0 Å². The van der Waals surface area contributed by atoms with Gasteiger partial charge in [0.15, 0.2) is 0 Å². The van der Waals surface area contributed by atoms with Crippen LogP contribution in [0.3, 0.4) is 0 Å². The van der Waals surface area contributed by atoms with Crippen LogP contribution >= 0.6 is 0 Å². The van der Waals surface area contributed by atoms with Crippen LogP contribution in [0.2, 0.25) is 0 Å². The smallest absolute Gasteiger partial charge is 0.236 e. The third-order valence-electron chi connectivity index (χ3n) is 3.85. The van der Waals surface area contributed by atoms with Gasteiger partial charge >= 0.3 is 0 Å². The lowest BCUT2D eigenvalue weighted by molar-refractivity contribution is -0.122. The van der Waals surface area contributed by atoms with Gasteiger partial charge in [0.2, 0.25) is 5.91 Å². The van der Waals surface area contributed by atoms with Gasteiger partial charge in [0.1, 0.15) is 0 Å². The topological polar surface area (TPSA) is 58.4 Å². The Morgan fingerprint density at radius 1 is 1.25 bits per heavy atom. The molecular formula is C16H25N3O. The van der Waals surface area contributed by atoms with Crippen molar-refractivity contribution in [1.82, 2.24) is 10.2 Å². The van der Waals surface area contributed by atoms with Crippen LogP contribution in [0.15, 0.2) is 30.3 Å². The molecule has 0 bridgehead atoms. The molecule has 1 aromatic carbocycles. The number of rotatable bonds is 7. The number of aryl methyl sites for hydroxylation is 1. The number of nitrogens with zero attached hydrogens (tertiary/aromatic N) is 1. The highest BCUT2D eigenvalue weighted by atomic mass is 16.2. The first kappa shape index (κ1) is 15.0. The first-order chi connectivity index (χ1) is 9.75. The van der Waals surface area contributed by atoms with Crippen molar-refractivity contribution in [2.24, 2.45) is 5.73 Å². The molecule has 1 aliphatic rings. The van der Waals surface area contributed by atoms with Gasteiger partial charge in [-0.2, -0.15) is 0 Å². The Balaban J connectivity index is 1.61. The summed E-state index contributed by atoms with van der Waals surface area (Å²) < 4.78 is 0. The molecule has 1 aliphatic heterocycles. The molecule has 2 rings (SSSR count). The Bertz CT molecular complexity index is 401. The highest BCUT2D eigenvalue weighted by Crippen LogP contribution is 2.06. The fourth-order valence-corrected chi connectivity index (χ4v) is 2.57. The van der Waals surface area contributed by atoms with E-state index in [2.05, 4.69) is 22.3 Å². The number of nitrogens with two attached hydrogens (primary N) is 1. The predicted octanol–water partition coefficient (Wildman–Crippen LogP) is 1.16. The summed E-state index contributed by atoms with van der Waals surface area (Å²) in [5.74, 6) is -0.0277. The number of carbonyl (C=O) groups is 1. The SMILES string of the molecule is NC(CCc1ccccc1)C(=O)NCCN1CCCC1. The van der Waals surface area contributed by atoms with E-state index >= 15 is 0 Å². The van der Waals surface area contributed by atoms with E-state index in [9.17, 15) is 4.79 Å². The quantitative estimate of drug-likeness (QED) is 0.785. The second-order valence-corrected chi connectivity index (χ2v) is 5.47. The number of amides is 1. The summed E-state index contributed by atoms with van der Waals surface area (Å²) in [6.45, 7) is 3.97. The van der Waals surface area contributed by atoms with Crippen LogP contribution in [0, 0.1) is 0 Å². The summed E-state index contributed by atoms with van der Waals surface area (Å²) >= 11 is 0. The Morgan fingerprint density at radius 3 is 2.65 bits per heavy atom. The molecule has 0 radical (unpaired) electrons. The van der Waals surface area contributed by atoms with Crippen molar-refractivity contribution in [3.8, 4) is 0 Å². The third kappa shape index (κ3) is 4.94. The maximum Gasteiger partial charge on any atom is 0.236 e. The third-order valence-corrected chi connectivity index (χ3v) is 3.85. The average Bonchev–Trinajstić information content (AvgIpc) is 2.99. The molecule has 0 aromatic heterocycles. The van der Waals surface area contributed by atoms with Crippen LogP contribution in [-0.2, 0) is 11.2 Å². The fourth-order valence-electron chi connectivity index (χ4n) is 2.57. The molecule has 1 aromatic rings. The molecule has 0 spiro atoms. The van der Waals surface area contributed by atoms with E-state index in [-0.39, 0.29) is 5.91 Å². The molecule has 0 aliphatic carbocycles. The number of carbonyl (C=O) groups excluding carboxylic acids is 1. The van der Waals surface area contributed by atoms with Crippen LogP contribution in [0.5, 0.6) is 0 Å². The van der Waals surface area contributed by atoms with E-state index in [0.29, 0.717) is 13.0 Å². The molecule has 1 saturated heterocycles. The second kappa shape index (κ2) is 8.02. The highest BCUT2D eigenvalue weighted by Gasteiger charge is 2.14. The summed E-state index contributed by atoms with van der Waals surface area (Å²) in [5, 5.41) is 2.94. The first-order valence-corrected chi connectivity index (χ1v) is 7.55. The lowest BCUT2D eigenvalue weighted by atomic mass is 10.1. The van der Waals surface area contributed by atoms with Crippen molar-refractivity contribution in [2.75, 3.05) is 26.2 Å². The highest BCUT2D eigenvalue weighted by molar-refractivity contribution is 5.81. The van der Waals surface area contributed by atoms with Crippen molar-refractivity contribution < 1.29 is 4.79 Å². The average molecular weight is 275 g/mol. The van der Waals surface area contributed by atoms with Crippen molar-refractivity contribution in [1.29, 1.82) is 0 Å². The lowest BCUT2D eigenvalue weighted by Crippen LogP contribution is -2.43. The molecule has 110 valence electrons. The van der Waals surface area contributed by atoms with Crippen molar-refractivity contribution >= 4 is 5.91 Å². The number of benzene rings is 1. The molecule has 1 unspecified atom stereocenters. The van der Waals surface area contributed by atoms with Crippen molar-refractivity contribution in [3.63, 3.8) is 0 Å². The summed E-state index contributed by atoms with van der Waals surface area (Å²) in [6.07, 6.45) is 4.11. The van der Waals surface area contributed by atoms with Gasteiger partial charge in [-0.25, -0.2) is 0 Å². The Labute approximate surface area is 121 Å². The monoisotopic (exact) mass is 275 g/mol.